The Morgan fingerprint density at radius 1 is 1.11 bits per heavy atom. The zero-order chi connectivity index (χ0) is 13.2. The SMILES string of the molecule is CNc1cncc(N2CCN(C(C)(C)C)CC2)n1. The van der Waals surface area contributed by atoms with Crippen molar-refractivity contribution in [3.05, 3.63) is 12.4 Å². The molecule has 100 valence electrons. The van der Waals surface area contributed by atoms with Gasteiger partial charge in [0.2, 0.25) is 0 Å². The minimum absolute atomic E-state index is 0.255. The van der Waals surface area contributed by atoms with E-state index in [0.29, 0.717) is 0 Å². The van der Waals surface area contributed by atoms with Crippen LogP contribution in [0.3, 0.4) is 0 Å². The van der Waals surface area contributed by atoms with Crippen LogP contribution in [0.2, 0.25) is 0 Å². The van der Waals surface area contributed by atoms with E-state index in [9.17, 15) is 0 Å². The summed E-state index contributed by atoms with van der Waals surface area (Å²) in [6, 6.07) is 0. The van der Waals surface area contributed by atoms with Crippen LogP contribution >= 0.6 is 0 Å². The van der Waals surface area contributed by atoms with Crippen LogP contribution < -0.4 is 10.2 Å². The summed E-state index contributed by atoms with van der Waals surface area (Å²) in [6.07, 6.45) is 3.59. The molecule has 0 unspecified atom stereocenters. The molecule has 0 radical (unpaired) electrons. The molecule has 0 amide bonds. The molecule has 1 aliphatic heterocycles. The van der Waals surface area contributed by atoms with Gasteiger partial charge in [-0.1, -0.05) is 0 Å². The number of rotatable bonds is 2. The lowest BCUT2D eigenvalue weighted by Crippen LogP contribution is -2.53. The molecule has 0 bridgehead atoms. The molecule has 5 nitrogen and oxygen atoms in total. The zero-order valence-electron chi connectivity index (χ0n) is 11.8. The summed E-state index contributed by atoms with van der Waals surface area (Å²) in [4.78, 5) is 13.6. The Hall–Kier alpha value is -1.36. The van der Waals surface area contributed by atoms with E-state index in [-0.39, 0.29) is 5.54 Å². The second-order valence-electron chi connectivity index (χ2n) is 5.66. The third kappa shape index (κ3) is 2.90. The van der Waals surface area contributed by atoms with Gasteiger partial charge in [-0.2, -0.15) is 0 Å². The van der Waals surface area contributed by atoms with Gasteiger partial charge in [0, 0.05) is 38.8 Å². The lowest BCUT2D eigenvalue weighted by Gasteiger charge is -2.42. The van der Waals surface area contributed by atoms with Crippen molar-refractivity contribution in [2.75, 3.05) is 43.4 Å². The number of nitrogens with zero attached hydrogens (tertiary/aromatic N) is 4. The van der Waals surface area contributed by atoms with E-state index < -0.39 is 0 Å². The first-order valence-corrected chi connectivity index (χ1v) is 6.50. The molecule has 1 fully saturated rings. The highest BCUT2D eigenvalue weighted by Crippen LogP contribution is 2.19. The molecule has 0 aromatic carbocycles. The number of anilines is 2. The minimum Gasteiger partial charge on any atom is -0.372 e. The summed E-state index contributed by atoms with van der Waals surface area (Å²) in [6.45, 7) is 11.0. The smallest absolute Gasteiger partial charge is 0.149 e. The van der Waals surface area contributed by atoms with Gasteiger partial charge < -0.3 is 10.2 Å². The minimum atomic E-state index is 0.255. The Bertz CT molecular complexity index is 391. The molecule has 0 atom stereocenters. The van der Waals surface area contributed by atoms with E-state index in [1.54, 1.807) is 6.20 Å². The van der Waals surface area contributed by atoms with Gasteiger partial charge in [-0.3, -0.25) is 9.88 Å². The third-order valence-electron chi connectivity index (χ3n) is 3.43. The monoisotopic (exact) mass is 249 g/mol. The molecule has 0 aliphatic carbocycles. The summed E-state index contributed by atoms with van der Waals surface area (Å²) in [5, 5.41) is 3.03. The van der Waals surface area contributed by atoms with Crippen molar-refractivity contribution in [1.29, 1.82) is 0 Å². The lowest BCUT2D eigenvalue weighted by molar-refractivity contribution is 0.128. The van der Waals surface area contributed by atoms with Gasteiger partial charge in [0.05, 0.1) is 12.4 Å². The molecule has 1 aromatic heterocycles. The maximum absolute atomic E-state index is 4.54. The van der Waals surface area contributed by atoms with E-state index in [0.717, 1.165) is 37.8 Å². The zero-order valence-corrected chi connectivity index (χ0v) is 11.8. The summed E-state index contributed by atoms with van der Waals surface area (Å²) in [5.74, 6) is 1.79. The van der Waals surface area contributed by atoms with Gasteiger partial charge >= 0.3 is 0 Å². The van der Waals surface area contributed by atoms with Crippen LogP contribution in [0.15, 0.2) is 12.4 Å². The average Bonchev–Trinajstić information content (AvgIpc) is 2.38. The Morgan fingerprint density at radius 3 is 2.33 bits per heavy atom. The predicted octanol–water partition coefficient (Wildman–Crippen LogP) is 1.44. The fraction of sp³-hybridized carbons (Fsp3) is 0.692. The number of nitrogens with one attached hydrogen (secondary N) is 1. The largest absolute Gasteiger partial charge is 0.372 e. The first-order valence-electron chi connectivity index (χ1n) is 6.50. The molecule has 0 spiro atoms. The summed E-state index contributed by atoms with van der Waals surface area (Å²) in [7, 11) is 1.87. The van der Waals surface area contributed by atoms with Crippen molar-refractivity contribution < 1.29 is 0 Å². The van der Waals surface area contributed by atoms with Crippen molar-refractivity contribution in [1.82, 2.24) is 14.9 Å². The van der Waals surface area contributed by atoms with Crippen molar-refractivity contribution >= 4 is 11.6 Å². The van der Waals surface area contributed by atoms with Gasteiger partial charge in [-0.05, 0) is 20.8 Å². The molecule has 1 aromatic rings. The number of hydrogen-bond donors (Lipinski definition) is 1. The van der Waals surface area contributed by atoms with Gasteiger partial charge in [0.15, 0.2) is 0 Å². The van der Waals surface area contributed by atoms with Crippen LogP contribution in [-0.2, 0) is 0 Å². The Morgan fingerprint density at radius 2 is 1.78 bits per heavy atom. The highest BCUT2D eigenvalue weighted by molar-refractivity contribution is 5.43. The predicted molar refractivity (Wildman–Crippen MR) is 75.1 cm³/mol. The summed E-state index contributed by atoms with van der Waals surface area (Å²) in [5.41, 5.74) is 0.255. The molecule has 5 heteroatoms. The van der Waals surface area contributed by atoms with Crippen LogP contribution in [0.25, 0.3) is 0 Å². The number of piperazine rings is 1. The second-order valence-corrected chi connectivity index (χ2v) is 5.66. The fourth-order valence-corrected chi connectivity index (χ4v) is 2.23. The van der Waals surface area contributed by atoms with Crippen molar-refractivity contribution in [3.63, 3.8) is 0 Å². The average molecular weight is 249 g/mol. The van der Waals surface area contributed by atoms with E-state index in [4.69, 9.17) is 0 Å². The first-order chi connectivity index (χ1) is 8.50. The maximum atomic E-state index is 4.54. The number of aromatic nitrogens is 2. The third-order valence-corrected chi connectivity index (χ3v) is 3.43. The Labute approximate surface area is 109 Å². The van der Waals surface area contributed by atoms with E-state index in [2.05, 4.69) is 45.9 Å². The molecule has 2 heterocycles. The Kier molecular flexibility index (Phi) is 3.71. The molecule has 1 saturated heterocycles. The topological polar surface area (TPSA) is 44.3 Å². The molecule has 0 saturated carbocycles. The van der Waals surface area contributed by atoms with Crippen molar-refractivity contribution in [2.45, 2.75) is 26.3 Å². The maximum Gasteiger partial charge on any atom is 0.149 e. The number of hydrogen-bond acceptors (Lipinski definition) is 5. The van der Waals surface area contributed by atoms with Gasteiger partial charge in [0.1, 0.15) is 11.6 Å². The highest BCUT2D eigenvalue weighted by atomic mass is 15.3. The van der Waals surface area contributed by atoms with Crippen molar-refractivity contribution in [3.8, 4) is 0 Å². The fourth-order valence-electron chi connectivity index (χ4n) is 2.23. The molecular formula is C13H23N5. The molecule has 2 rings (SSSR count). The van der Waals surface area contributed by atoms with Gasteiger partial charge in [0.25, 0.3) is 0 Å². The molecular weight excluding hydrogens is 226 g/mol. The second kappa shape index (κ2) is 5.10. The van der Waals surface area contributed by atoms with Crippen molar-refractivity contribution in [2.24, 2.45) is 0 Å². The quantitative estimate of drug-likeness (QED) is 0.859. The lowest BCUT2D eigenvalue weighted by atomic mass is 10.1. The van der Waals surface area contributed by atoms with Crippen LogP contribution in [0.1, 0.15) is 20.8 Å². The standard InChI is InChI=1S/C13H23N5/c1-13(2,3)18-7-5-17(6-8-18)12-10-15-9-11(14-4)16-12/h9-10H,5-8H2,1-4H3,(H,14,16). The normalized spacial score (nSPS) is 17.9. The van der Waals surface area contributed by atoms with Gasteiger partial charge in [-0.25, -0.2) is 4.98 Å². The van der Waals surface area contributed by atoms with Crippen LogP contribution in [0.4, 0.5) is 11.6 Å². The molecule has 1 N–H and O–H groups in total. The molecule has 18 heavy (non-hydrogen) atoms. The van der Waals surface area contributed by atoms with E-state index in [1.165, 1.54) is 0 Å². The molecule has 1 aliphatic rings. The van der Waals surface area contributed by atoms with Crippen LogP contribution in [0.5, 0.6) is 0 Å². The first kappa shape index (κ1) is 13.1. The van der Waals surface area contributed by atoms with Crippen LogP contribution in [-0.4, -0.2) is 53.6 Å². The van der Waals surface area contributed by atoms with E-state index in [1.807, 2.05) is 13.2 Å². The van der Waals surface area contributed by atoms with Gasteiger partial charge in [-0.15, -0.1) is 0 Å². The van der Waals surface area contributed by atoms with E-state index >= 15 is 0 Å². The van der Waals surface area contributed by atoms with Crippen LogP contribution in [0, 0.1) is 0 Å². The summed E-state index contributed by atoms with van der Waals surface area (Å²) >= 11 is 0. The Balaban J connectivity index is 2.01. The highest BCUT2D eigenvalue weighted by Gasteiger charge is 2.26. The summed E-state index contributed by atoms with van der Waals surface area (Å²) < 4.78 is 0.